The highest BCUT2D eigenvalue weighted by atomic mass is 16.5. The second-order valence-corrected chi connectivity index (χ2v) is 10.6. The highest BCUT2D eigenvalue weighted by molar-refractivity contribution is 5.95. The smallest absolute Gasteiger partial charge is 0.401 e. The third-order valence-corrected chi connectivity index (χ3v) is 6.36. The van der Waals surface area contributed by atoms with Crippen LogP contribution in [-0.2, 0) is 12.0 Å². The third kappa shape index (κ3) is 6.10. The molecule has 8 nitrogen and oxygen atoms in total. The molecule has 0 aliphatic heterocycles. The standard InChI is InChI=1S/C27H37N5O3/c1-6-7-8-11-34-24-12-18(2)25-30-31(26(28)32(25)29-24)16-23(33)20-13-21(27(3,4)5)15-22(14-20)35-17-19-9-10-19/h12-15,19,28H,6-11,16-17H2,1-5H3/p+1. The molecule has 0 atom stereocenters. The summed E-state index contributed by atoms with van der Waals surface area (Å²) in [5, 5.41) is 9.07. The molecule has 0 radical (unpaired) electrons. The molecule has 1 aliphatic rings. The van der Waals surface area contributed by atoms with E-state index in [1.54, 1.807) is 4.52 Å². The van der Waals surface area contributed by atoms with E-state index in [0.717, 1.165) is 36.1 Å². The molecular weight excluding hydrogens is 442 g/mol. The van der Waals surface area contributed by atoms with Crippen molar-refractivity contribution in [3.05, 3.63) is 41.0 Å². The highest BCUT2D eigenvalue weighted by Gasteiger charge is 2.26. The van der Waals surface area contributed by atoms with Crippen molar-refractivity contribution in [2.24, 2.45) is 5.92 Å². The fourth-order valence-corrected chi connectivity index (χ4v) is 3.87. The molecule has 1 aromatic carbocycles. The summed E-state index contributed by atoms with van der Waals surface area (Å²) in [6.45, 7) is 11.8. The van der Waals surface area contributed by atoms with Gasteiger partial charge in [0, 0.05) is 17.2 Å². The average molecular weight is 481 g/mol. The molecule has 4 rings (SSSR count). The fourth-order valence-electron chi connectivity index (χ4n) is 3.87. The summed E-state index contributed by atoms with van der Waals surface area (Å²) in [4.78, 5) is 13.4. The zero-order valence-corrected chi connectivity index (χ0v) is 21.6. The number of aromatic nitrogens is 4. The van der Waals surface area contributed by atoms with E-state index in [2.05, 4.69) is 37.9 Å². The number of carbonyl (C=O) groups is 1. The molecular formula is C27H38N5O3+. The lowest BCUT2D eigenvalue weighted by molar-refractivity contribution is -0.723. The Morgan fingerprint density at radius 1 is 1.17 bits per heavy atom. The van der Waals surface area contributed by atoms with E-state index >= 15 is 0 Å². The summed E-state index contributed by atoms with van der Waals surface area (Å²) >= 11 is 0. The molecule has 2 N–H and O–H groups in total. The van der Waals surface area contributed by atoms with Crippen molar-refractivity contribution in [1.29, 1.82) is 0 Å². The van der Waals surface area contributed by atoms with Gasteiger partial charge in [-0.15, -0.1) is 4.68 Å². The monoisotopic (exact) mass is 480 g/mol. The van der Waals surface area contributed by atoms with Crippen molar-refractivity contribution >= 4 is 17.4 Å². The predicted octanol–water partition coefficient (Wildman–Crippen LogP) is 4.45. The van der Waals surface area contributed by atoms with Crippen molar-refractivity contribution in [1.82, 2.24) is 14.7 Å². The summed E-state index contributed by atoms with van der Waals surface area (Å²) in [5.41, 5.74) is 9.39. The number of aryl methyl sites for hydroxylation is 1. The molecule has 35 heavy (non-hydrogen) atoms. The first-order valence-electron chi connectivity index (χ1n) is 12.7. The molecule has 2 aromatic heterocycles. The van der Waals surface area contributed by atoms with Gasteiger partial charge in [0.1, 0.15) is 5.75 Å². The number of Topliss-reactive ketones (excluding diaryl/α,β-unsaturated/α-hetero) is 1. The van der Waals surface area contributed by atoms with Crippen LogP contribution in [0.25, 0.3) is 5.65 Å². The van der Waals surface area contributed by atoms with Gasteiger partial charge in [-0.2, -0.15) is 0 Å². The molecule has 8 heteroatoms. The number of unbranched alkanes of at least 4 members (excludes halogenated alkanes) is 2. The van der Waals surface area contributed by atoms with Crippen LogP contribution in [0.2, 0.25) is 0 Å². The Balaban J connectivity index is 1.57. The minimum absolute atomic E-state index is 0.0109. The first-order valence-corrected chi connectivity index (χ1v) is 12.7. The summed E-state index contributed by atoms with van der Waals surface area (Å²) in [5.74, 6) is 2.08. The number of ketones is 1. The number of nitrogen functional groups attached to an aromatic ring is 1. The van der Waals surface area contributed by atoms with Crippen LogP contribution < -0.4 is 19.9 Å². The van der Waals surface area contributed by atoms with E-state index in [4.69, 9.17) is 15.2 Å². The van der Waals surface area contributed by atoms with Crippen LogP contribution in [0.4, 0.5) is 5.95 Å². The molecule has 0 amide bonds. The zero-order valence-electron chi connectivity index (χ0n) is 21.6. The van der Waals surface area contributed by atoms with Crippen LogP contribution in [-0.4, -0.2) is 33.7 Å². The van der Waals surface area contributed by atoms with Crippen LogP contribution in [0, 0.1) is 12.8 Å². The van der Waals surface area contributed by atoms with E-state index in [9.17, 15) is 4.79 Å². The van der Waals surface area contributed by atoms with Crippen LogP contribution in [0.5, 0.6) is 11.6 Å². The van der Waals surface area contributed by atoms with Crippen LogP contribution in [0.1, 0.15) is 81.3 Å². The van der Waals surface area contributed by atoms with Crippen molar-refractivity contribution in [3.8, 4) is 11.6 Å². The SMILES string of the molecule is CCCCCOc1cc(C)c2n[n+](CC(=O)c3cc(OCC4CC4)cc(C(C)(C)C)c3)c(N)n2n1. The Morgan fingerprint density at radius 2 is 1.94 bits per heavy atom. The first-order chi connectivity index (χ1) is 16.7. The number of ether oxygens (including phenoxy) is 2. The number of hydrogen-bond donors (Lipinski definition) is 1. The Hall–Kier alpha value is -3.16. The van der Waals surface area contributed by atoms with Gasteiger partial charge in [-0.1, -0.05) is 55.2 Å². The lowest BCUT2D eigenvalue weighted by Gasteiger charge is -2.21. The number of hydrogen-bond acceptors (Lipinski definition) is 6. The Morgan fingerprint density at radius 3 is 2.63 bits per heavy atom. The summed E-state index contributed by atoms with van der Waals surface area (Å²) in [7, 11) is 0. The number of benzene rings is 1. The maximum atomic E-state index is 13.4. The molecule has 1 fully saturated rings. The van der Waals surface area contributed by atoms with E-state index in [1.165, 1.54) is 17.5 Å². The maximum absolute atomic E-state index is 13.4. The van der Waals surface area contributed by atoms with Crippen molar-refractivity contribution < 1.29 is 19.0 Å². The normalized spacial score (nSPS) is 13.9. The minimum atomic E-state index is -0.113. The van der Waals surface area contributed by atoms with Gasteiger partial charge in [-0.05, 0) is 61.3 Å². The highest BCUT2D eigenvalue weighted by Crippen LogP contribution is 2.32. The van der Waals surface area contributed by atoms with Gasteiger partial charge in [0.2, 0.25) is 5.88 Å². The van der Waals surface area contributed by atoms with Crippen LogP contribution >= 0.6 is 0 Å². The summed E-state index contributed by atoms with van der Waals surface area (Å²) in [6.07, 6.45) is 5.65. The van der Waals surface area contributed by atoms with Gasteiger partial charge in [0.15, 0.2) is 12.3 Å². The van der Waals surface area contributed by atoms with Crippen molar-refractivity contribution in [2.45, 2.75) is 78.7 Å². The van der Waals surface area contributed by atoms with Gasteiger partial charge in [0.25, 0.3) is 5.65 Å². The molecule has 0 saturated heterocycles. The predicted molar refractivity (Wildman–Crippen MR) is 135 cm³/mol. The zero-order chi connectivity index (χ0) is 25.2. The molecule has 0 unspecified atom stereocenters. The van der Waals surface area contributed by atoms with Gasteiger partial charge in [-0.25, -0.2) is 0 Å². The van der Waals surface area contributed by atoms with E-state index in [0.29, 0.717) is 36.2 Å². The maximum Gasteiger partial charge on any atom is 0.401 e. The molecule has 0 spiro atoms. The molecule has 2 heterocycles. The van der Waals surface area contributed by atoms with Gasteiger partial charge in [0.05, 0.1) is 13.2 Å². The lowest BCUT2D eigenvalue weighted by Crippen LogP contribution is -2.42. The number of nitrogens with zero attached hydrogens (tertiary/aromatic N) is 4. The molecule has 0 bridgehead atoms. The molecule has 188 valence electrons. The van der Waals surface area contributed by atoms with Gasteiger partial charge in [-0.3, -0.25) is 10.5 Å². The minimum Gasteiger partial charge on any atom is -0.493 e. The molecule has 1 aliphatic carbocycles. The van der Waals surface area contributed by atoms with E-state index in [1.807, 2.05) is 31.2 Å². The van der Waals surface area contributed by atoms with Gasteiger partial charge >= 0.3 is 5.95 Å². The Labute approximate surface area is 207 Å². The van der Waals surface area contributed by atoms with E-state index in [-0.39, 0.29) is 23.7 Å². The number of nitrogens with two attached hydrogens (primary N) is 1. The topological polar surface area (TPSA) is 95.6 Å². The fraction of sp³-hybridized carbons (Fsp3) is 0.556. The second kappa shape index (κ2) is 10.2. The number of anilines is 1. The van der Waals surface area contributed by atoms with Crippen LogP contribution in [0.15, 0.2) is 24.3 Å². The van der Waals surface area contributed by atoms with E-state index < -0.39 is 0 Å². The average Bonchev–Trinajstić information content (AvgIpc) is 3.59. The second-order valence-electron chi connectivity index (χ2n) is 10.6. The molecule has 1 saturated carbocycles. The van der Waals surface area contributed by atoms with Crippen molar-refractivity contribution in [3.63, 3.8) is 0 Å². The largest absolute Gasteiger partial charge is 0.493 e. The van der Waals surface area contributed by atoms with Crippen molar-refractivity contribution in [2.75, 3.05) is 18.9 Å². The quantitative estimate of drug-likeness (QED) is 0.248. The molecule has 3 aromatic rings. The first kappa shape index (κ1) is 24.9. The number of rotatable bonds is 11. The van der Waals surface area contributed by atoms with Gasteiger partial charge < -0.3 is 9.47 Å². The third-order valence-electron chi connectivity index (χ3n) is 6.36. The Bertz CT molecular complexity index is 1210. The lowest BCUT2D eigenvalue weighted by atomic mass is 9.85. The number of fused-ring (bicyclic) bond motifs is 1. The van der Waals surface area contributed by atoms with Crippen LogP contribution in [0.3, 0.4) is 0 Å². The Kier molecular flexibility index (Phi) is 7.28. The summed E-state index contributed by atoms with van der Waals surface area (Å²) < 4.78 is 14.9. The number of carbonyl (C=O) groups excluding carboxylic acids is 1. The summed E-state index contributed by atoms with van der Waals surface area (Å²) in [6, 6.07) is 7.68.